The second kappa shape index (κ2) is 7.04. The molecule has 2 aromatic rings. The molecule has 24 heavy (non-hydrogen) atoms. The highest BCUT2D eigenvalue weighted by molar-refractivity contribution is 8.00. The molecule has 126 valence electrons. The van der Waals surface area contributed by atoms with Crippen LogP contribution in [-0.4, -0.2) is 35.8 Å². The Morgan fingerprint density at radius 2 is 1.75 bits per heavy atom. The summed E-state index contributed by atoms with van der Waals surface area (Å²) >= 11 is 14.0. The van der Waals surface area contributed by atoms with E-state index in [0.717, 1.165) is 0 Å². The molecule has 2 heterocycles. The maximum absolute atomic E-state index is 12.4. The molecule has 6 nitrogen and oxygen atoms in total. The number of hydrogen-bond acceptors (Lipinski definition) is 6. The lowest BCUT2D eigenvalue weighted by Crippen LogP contribution is -2.30. The predicted molar refractivity (Wildman–Crippen MR) is 94.3 cm³/mol. The van der Waals surface area contributed by atoms with E-state index in [9.17, 15) is 4.79 Å². The summed E-state index contributed by atoms with van der Waals surface area (Å²) in [6, 6.07) is 6.76. The summed E-state index contributed by atoms with van der Waals surface area (Å²) in [5.74, 6) is 0.907. The predicted octanol–water partition coefficient (Wildman–Crippen LogP) is 3.58. The molecule has 1 aliphatic rings. The van der Waals surface area contributed by atoms with E-state index in [4.69, 9.17) is 32.7 Å². The number of anilines is 1. The number of methoxy groups -OCH3 is 2. The van der Waals surface area contributed by atoms with Crippen LogP contribution in [0, 0.1) is 0 Å². The third-order valence-corrected chi connectivity index (χ3v) is 5.25. The fraction of sp³-hybridized carbons (Fsp3) is 0.267. The van der Waals surface area contributed by atoms with Crippen molar-refractivity contribution in [3.05, 3.63) is 39.9 Å². The van der Waals surface area contributed by atoms with E-state index >= 15 is 0 Å². The number of carbonyl (C=O) groups excluding carboxylic acids is 1. The van der Waals surface area contributed by atoms with Crippen LogP contribution in [0.2, 0.25) is 10.0 Å². The second-order valence-corrected chi connectivity index (χ2v) is 6.70. The molecule has 3 rings (SSSR count). The fourth-order valence-corrected chi connectivity index (χ4v) is 4.26. The Labute approximate surface area is 153 Å². The fourth-order valence-electron chi connectivity index (χ4n) is 2.31. The van der Waals surface area contributed by atoms with Crippen LogP contribution in [0.25, 0.3) is 0 Å². The summed E-state index contributed by atoms with van der Waals surface area (Å²) in [6.07, 6.45) is 0. The van der Waals surface area contributed by atoms with Gasteiger partial charge in [0.1, 0.15) is 5.37 Å². The highest BCUT2D eigenvalue weighted by Crippen LogP contribution is 2.46. The smallest absolute Gasteiger partial charge is 0.240 e. The van der Waals surface area contributed by atoms with Gasteiger partial charge in [0, 0.05) is 15.6 Å². The number of thioether (sulfide) groups is 1. The number of aromatic nitrogens is 2. The zero-order chi connectivity index (χ0) is 17.3. The van der Waals surface area contributed by atoms with Crippen LogP contribution in [0.3, 0.4) is 0 Å². The zero-order valence-electron chi connectivity index (χ0n) is 12.8. The van der Waals surface area contributed by atoms with Crippen molar-refractivity contribution < 1.29 is 14.3 Å². The molecule has 1 atom stereocenters. The average Bonchev–Trinajstić information content (AvgIpc) is 2.95. The van der Waals surface area contributed by atoms with E-state index in [1.165, 1.54) is 36.9 Å². The van der Waals surface area contributed by atoms with E-state index in [0.29, 0.717) is 27.4 Å². The highest BCUT2D eigenvalue weighted by Gasteiger charge is 2.38. The van der Waals surface area contributed by atoms with Crippen molar-refractivity contribution >= 4 is 46.8 Å². The first-order chi connectivity index (χ1) is 11.5. The Kier molecular flexibility index (Phi) is 5.03. The number of amides is 1. The summed E-state index contributed by atoms with van der Waals surface area (Å²) in [5, 5.41) is 0.541. The van der Waals surface area contributed by atoms with E-state index < -0.39 is 5.37 Å². The van der Waals surface area contributed by atoms with Gasteiger partial charge in [-0.05, 0) is 12.1 Å². The third kappa shape index (κ3) is 3.11. The third-order valence-electron chi connectivity index (χ3n) is 3.42. The molecule has 1 unspecified atom stereocenters. The van der Waals surface area contributed by atoms with E-state index in [-0.39, 0.29) is 17.6 Å². The van der Waals surface area contributed by atoms with Gasteiger partial charge in [0.25, 0.3) is 0 Å². The number of carbonyl (C=O) groups is 1. The monoisotopic (exact) mass is 385 g/mol. The molecular weight excluding hydrogens is 373 g/mol. The summed E-state index contributed by atoms with van der Waals surface area (Å²) in [7, 11) is 2.96. The normalized spacial score (nSPS) is 17.2. The zero-order valence-corrected chi connectivity index (χ0v) is 15.2. The standard InChI is InChI=1S/C15H13Cl2N3O3S/c1-22-10-6-11(23-2)19-15(18-10)20-12(21)7-24-14(20)13-8(16)4-3-5-9(13)17/h3-6,14H,7H2,1-2H3. The minimum Gasteiger partial charge on any atom is -0.481 e. The minimum atomic E-state index is -0.421. The lowest BCUT2D eigenvalue weighted by molar-refractivity contribution is -0.115. The molecule has 0 bridgehead atoms. The van der Waals surface area contributed by atoms with Crippen molar-refractivity contribution in [1.29, 1.82) is 0 Å². The Hall–Kier alpha value is -1.70. The van der Waals surface area contributed by atoms with Gasteiger partial charge in [-0.1, -0.05) is 29.3 Å². The van der Waals surface area contributed by atoms with Crippen LogP contribution in [0.5, 0.6) is 11.8 Å². The van der Waals surface area contributed by atoms with Crippen molar-refractivity contribution in [2.45, 2.75) is 5.37 Å². The molecule has 0 N–H and O–H groups in total. The Morgan fingerprint density at radius 3 is 2.29 bits per heavy atom. The molecule has 0 aliphatic carbocycles. The van der Waals surface area contributed by atoms with Crippen LogP contribution in [0.4, 0.5) is 5.95 Å². The van der Waals surface area contributed by atoms with Crippen molar-refractivity contribution in [3.63, 3.8) is 0 Å². The SMILES string of the molecule is COc1cc(OC)nc(N2C(=O)CSC2c2c(Cl)cccc2Cl)n1. The Bertz CT molecular complexity index is 748. The molecule has 1 aromatic carbocycles. The van der Waals surface area contributed by atoms with Gasteiger partial charge >= 0.3 is 0 Å². The topological polar surface area (TPSA) is 64.6 Å². The number of benzene rings is 1. The maximum Gasteiger partial charge on any atom is 0.240 e. The van der Waals surface area contributed by atoms with Gasteiger partial charge in [-0.2, -0.15) is 9.97 Å². The summed E-state index contributed by atoms with van der Waals surface area (Å²) in [4.78, 5) is 22.4. The van der Waals surface area contributed by atoms with Gasteiger partial charge in [-0.15, -0.1) is 11.8 Å². The van der Waals surface area contributed by atoms with Crippen LogP contribution < -0.4 is 14.4 Å². The van der Waals surface area contributed by atoms with Gasteiger partial charge in [-0.3, -0.25) is 9.69 Å². The maximum atomic E-state index is 12.4. The number of halogens is 2. The molecule has 1 fully saturated rings. The number of ether oxygens (including phenoxy) is 2. The first kappa shape index (κ1) is 17.1. The van der Waals surface area contributed by atoms with Gasteiger partial charge < -0.3 is 9.47 Å². The van der Waals surface area contributed by atoms with Crippen molar-refractivity contribution in [2.75, 3.05) is 24.9 Å². The highest BCUT2D eigenvalue weighted by atomic mass is 35.5. The van der Waals surface area contributed by atoms with Gasteiger partial charge in [-0.25, -0.2) is 0 Å². The Morgan fingerprint density at radius 1 is 1.17 bits per heavy atom. The van der Waals surface area contributed by atoms with Crippen LogP contribution >= 0.6 is 35.0 Å². The van der Waals surface area contributed by atoms with E-state index in [1.54, 1.807) is 18.2 Å². The molecule has 1 saturated heterocycles. The molecular formula is C15H13Cl2N3O3S. The molecule has 0 spiro atoms. The summed E-state index contributed by atoms with van der Waals surface area (Å²) in [5.41, 5.74) is 0.655. The van der Waals surface area contributed by atoms with Crippen LogP contribution in [0.1, 0.15) is 10.9 Å². The van der Waals surface area contributed by atoms with E-state index in [2.05, 4.69) is 9.97 Å². The van der Waals surface area contributed by atoms with E-state index in [1.807, 2.05) is 0 Å². The van der Waals surface area contributed by atoms with Crippen LogP contribution in [-0.2, 0) is 4.79 Å². The van der Waals surface area contributed by atoms with Gasteiger partial charge in [0.05, 0.1) is 26.0 Å². The molecule has 1 aliphatic heterocycles. The molecule has 0 radical (unpaired) electrons. The van der Waals surface area contributed by atoms with Crippen molar-refractivity contribution in [3.8, 4) is 11.8 Å². The quantitative estimate of drug-likeness (QED) is 0.801. The molecule has 1 aromatic heterocycles. The Balaban J connectivity index is 2.09. The first-order valence-electron chi connectivity index (χ1n) is 6.89. The number of hydrogen-bond donors (Lipinski definition) is 0. The summed E-state index contributed by atoms with van der Waals surface area (Å²) in [6.45, 7) is 0. The number of rotatable bonds is 4. The summed E-state index contributed by atoms with van der Waals surface area (Å²) < 4.78 is 10.3. The largest absolute Gasteiger partial charge is 0.481 e. The lowest BCUT2D eigenvalue weighted by atomic mass is 10.2. The van der Waals surface area contributed by atoms with Crippen molar-refractivity contribution in [2.24, 2.45) is 0 Å². The van der Waals surface area contributed by atoms with Crippen LogP contribution in [0.15, 0.2) is 24.3 Å². The first-order valence-corrected chi connectivity index (χ1v) is 8.70. The average molecular weight is 386 g/mol. The van der Waals surface area contributed by atoms with Crippen molar-refractivity contribution in [1.82, 2.24) is 9.97 Å². The molecule has 9 heteroatoms. The number of nitrogens with zero attached hydrogens (tertiary/aromatic N) is 3. The minimum absolute atomic E-state index is 0.142. The second-order valence-electron chi connectivity index (χ2n) is 4.82. The van der Waals surface area contributed by atoms with Gasteiger partial charge in [0.15, 0.2) is 0 Å². The molecule has 0 saturated carbocycles. The van der Waals surface area contributed by atoms with Gasteiger partial charge in [0.2, 0.25) is 23.6 Å². The molecule has 1 amide bonds. The lowest BCUT2D eigenvalue weighted by Gasteiger charge is -2.24.